The van der Waals surface area contributed by atoms with Gasteiger partial charge in [0.05, 0.1) is 5.69 Å². The highest BCUT2D eigenvalue weighted by atomic mass is 15.1. The number of rotatable bonds is 0. The fourth-order valence-corrected chi connectivity index (χ4v) is 0.628. The van der Waals surface area contributed by atoms with Gasteiger partial charge in [0.25, 0.3) is 0 Å². The fourth-order valence-electron chi connectivity index (χ4n) is 0.628. The number of aromatic nitrogens is 2. The molecule has 0 aliphatic rings. The Labute approximate surface area is 55.7 Å². The topological polar surface area (TPSA) is 25.8 Å². The minimum Gasteiger partial charge on any atom is -0.167 e. The molecule has 0 amide bonds. The van der Waals surface area contributed by atoms with E-state index in [0.29, 0.717) is 5.59 Å². The van der Waals surface area contributed by atoms with Crippen molar-refractivity contribution in [1.82, 2.24) is 10.2 Å². The summed E-state index contributed by atoms with van der Waals surface area (Å²) in [5.74, 6) is 0. The molecule has 0 spiro atoms. The van der Waals surface area contributed by atoms with Crippen LogP contribution in [-0.4, -0.2) is 18.0 Å². The molecule has 3 heteroatoms. The van der Waals surface area contributed by atoms with Crippen LogP contribution in [0.2, 0.25) is 0 Å². The summed E-state index contributed by atoms with van der Waals surface area (Å²) in [4.78, 5) is 0. The van der Waals surface area contributed by atoms with Gasteiger partial charge in [-0.3, -0.25) is 0 Å². The van der Waals surface area contributed by atoms with Gasteiger partial charge in [0.1, 0.15) is 7.85 Å². The van der Waals surface area contributed by atoms with Crippen molar-refractivity contribution in [3.8, 4) is 0 Å². The van der Waals surface area contributed by atoms with Gasteiger partial charge in [-0.2, -0.15) is 10.2 Å². The van der Waals surface area contributed by atoms with Gasteiger partial charge >= 0.3 is 0 Å². The minimum absolute atomic E-state index is 0.514. The first-order chi connectivity index (χ1) is 4.20. The van der Waals surface area contributed by atoms with Crippen LogP contribution < -0.4 is 5.59 Å². The number of aryl methyl sites for hydroxylation is 2. The second-order valence-corrected chi connectivity index (χ2v) is 2.05. The van der Waals surface area contributed by atoms with Crippen LogP contribution in [0.5, 0.6) is 0 Å². The molecule has 2 nitrogen and oxygen atoms in total. The fraction of sp³-hybridized carbons (Fsp3) is 0.333. The summed E-state index contributed by atoms with van der Waals surface area (Å²) in [5.41, 5.74) is 2.41. The van der Waals surface area contributed by atoms with E-state index in [-0.39, 0.29) is 0 Å². The Balaban J connectivity index is 3.17. The number of hydrogen-bond donors (Lipinski definition) is 0. The normalized spacial score (nSPS) is 9.56. The summed E-state index contributed by atoms with van der Waals surface area (Å²) in [5, 5.41) is 7.47. The first kappa shape index (κ1) is 6.27. The summed E-state index contributed by atoms with van der Waals surface area (Å²) in [6, 6.07) is 1.91. The molecule has 1 heterocycles. The smallest absolute Gasteiger partial charge is 0.144 e. The van der Waals surface area contributed by atoms with Crippen molar-refractivity contribution < 1.29 is 0 Å². The predicted molar refractivity (Wildman–Crippen MR) is 36.9 cm³/mol. The third-order valence-electron chi connectivity index (χ3n) is 1.14. The van der Waals surface area contributed by atoms with Crippen molar-refractivity contribution in [2.75, 3.05) is 0 Å². The van der Waals surface area contributed by atoms with Gasteiger partial charge < -0.3 is 0 Å². The largest absolute Gasteiger partial charge is 0.167 e. The van der Waals surface area contributed by atoms with Gasteiger partial charge in [-0.1, -0.05) is 0 Å². The third kappa shape index (κ3) is 1.28. The Kier molecular flexibility index (Phi) is 1.51. The lowest BCUT2D eigenvalue weighted by molar-refractivity contribution is 0.993. The Morgan fingerprint density at radius 2 is 2.00 bits per heavy atom. The molecule has 1 aromatic rings. The van der Waals surface area contributed by atoms with Gasteiger partial charge in [-0.15, -0.1) is 0 Å². The van der Waals surface area contributed by atoms with Crippen molar-refractivity contribution in [3.05, 3.63) is 17.3 Å². The average molecular weight is 118 g/mol. The molecule has 0 fully saturated rings. The van der Waals surface area contributed by atoms with E-state index < -0.39 is 0 Å². The van der Waals surface area contributed by atoms with Crippen molar-refractivity contribution in [3.63, 3.8) is 0 Å². The van der Waals surface area contributed by atoms with Crippen molar-refractivity contribution in [2.45, 2.75) is 13.8 Å². The lowest BCUT2D eigenvalue weighted by Gasteiger charge is -1.96. The molecule has 0 aliphatic heterocycles. The van der Waals surface area contributed by atoms with Crippen molar-refractivity contribution in [1.29, 1.82) is 0 Å². The van der Waals surface area contributed by atoms with E-state index in [1.165, 1.54) is 0 Å². The molecular weight excluding hydrogens is 111 g/mol. The summed E-state index contributed by atoms with van der Waals surface area (Å²) >= 11 is 0. The molecule has 0 atom stereocenters. The van der Waals surface area contributed by atoms with E-state index in [0.717, 1.165) is 11.3 Å². The molecule has 0 aromatic carbocycles. The van der Waals surface area contributed by atoms with E-state index in [9.17, 15) is 0 Å². The van der Waals surface area contributed by atoms with Gasteiger partial charge in [0, 0.05) is 5.59 Å². The third-order valence-corrected chi connectivity index (χ3v) is 1.14. The highest BCUT2D eigenvalue weighted by Crippen LogP contribution is 1.90. The van der Waals surface area contributed by atoms with Crippen molar-refractivity contribution >= 4 is 13.4 Å². The number of nitrogens with zero attached hydrogens (tertiary/aromatic N) is 2. The second-order valence-electron chi connectivity index (χ2n) is 2.05. The van der Waals surface area contributed by atoms with Gasteiger partial charge in [0.2, 0.25) is 0 Å². The second kappa shape index (κ2) is 2.17. The molecule has 0 N–H and O–H groups in total. The summed E-state index contributed by atoms with van der Waals surface area (Å²) in [7, 11) is 5.42. The van der Waals surface area contributed by atoms with Crippen molar-refractivity contribution in [2.24, 2.45) is 0 Å². The van der Waals surface area contributed by atoms with Crippen LogP contribution in [0.15, 0.2) is 6.07 Å². The first-order valence-electron chi connectivity index (χ1n) is 2.76. The van der Waals surface area contributed by atoms with Gasteiger partial charge in [-0.05, 0) is 25.5 Å². The zero-order valence-corrected chi connectivity index (χ0v) is 5.55. The maximum atomic E-state index is 5.42. The maximum Gasteiger partial charge on any atom is 0.144 e. The molecule has 0 saturated carbocycles. The Hall–Kier alpha value is -0.855. The molecule has 0 saturated heterocycles. The minimum atomic E-state index is 0.514. The molecule has 2 radical (unpaired) electrons. The highest BCUT2D eigenvalue weighted by molar-refractivity contribution is 6.31. The molecule has 9 heavy (non-hydrogen) atoms. The molecule has 1 rings (SSSR count). The Morgan fingerprint density at radius 3 is 2.44 bits per heavy atom. The molecule has 0 unspecified atom stereocenters. The summed E-state index contributed by atoms with van der Waals surface area (Å²) in [6.07, 6.45) is 0. The van der Waals surface area contributed by atoms with Crippen LogP contribution in [-0.2, 0) is 0 Å². The van der Waals surface area contributed by atoms with E-state index in [4.69, 9.17) is 7.85 Å². The maximum absolute atomic E-state index is 5.42. The van der Waals surface area contributed by atoms with Gasteiger partial charge in [0.15, 0.2) is 0 Å². The highest BCUT2D eigenvalue weighted by Gasteiger charge is 1.91. The Bertz CT molecular complexity index is 222. The van der Waals surface area contributed by atoms with Gasteiger partial charge in [-0.25, -0.2) is 0 Å². The van der Waals surface area contributed by atoms with Crippen LogP contribution >= 0.6 is 0 Å². The van der Waals surface area contributed by atoms with E-state index in [2.05, 4.69) is 10.2 Å². The molecular formula is C6H7BN2. The number of hydrogen-bond acceptors (Lipinski definition) is 2. The quantitative estimate of drug-likeness (QED) is 0.444. The first-order valence-corrected chi connectivity index (χ1v) is 2.76. The molecule has 44 valence electrons. The van der Waals surface area contributed by atoms with Crippen LogP contribution in [0.1, 0.15) is 11.3 Å². The lowest BCUT2D eigenvalue weighted by atomic mass is 9.99. The van der Waals surface area contributed by atoms with E-state index in [1.54, 1.807) is 0 Å². The monoisotopic (exact) mass is 118 g/mol. The molecule has 0 bridgehead atoms. The van der Waals surface area contributed by atoms with Crippen LogP contribution in [0.25, 0.3) is 0 Å². The predicted octanol–water partition coefficient (Wildman–Crippen LogP) is -0.113. The Morgan fingerprint density at radius 1 is 1.33 bits per heavy atom. The molecule has 1 aromatic heterocycles. The zero-order chi connectivity index (χ0) is 6.85. The van der Waals surface area contributed by atoms with E-state index >= 15 is 0 Å². The SMILES string of the molecule is [B]c1nnc(C)cc1C. The van der Waals surface area contributed by atoms with Crippen LogP contribution in [0.3, 0.4) is 0 Å². The summed E-state index contributed by atoms with van der Waals surface area (Å²) < 4.78 is 0. The summed E-state index contributed by atoms with van der Waals surface area (Å²) in [6.45, 7) is 3.80. The standard InChI is InChI=1S/C6H7BN2/c1-4-3-5(2)8-9-6(4)7/h3H,1-2H3. The van der Waals surface area contributed by atoms with E-state index in [1.807, 2.05) is 19.9 Å². The average Bonchev–Trinajstić information content (AvgIpc) is 1.80. The van der Waals surface area contributed by atoms with Crippen LogP contribution in [0.4, 0.5) is 0 Å². The lowest BCUT2D eigenvalue weighted by Crippen LogP contribution is -2.14. The zero-order valence-electron chi connectivity index (χ0n) is 5.55. The van der Waals surface area contributed by atoms with Crippen LogP contribution in [0, 0.1) is 13.8 Å². The molecule has 0 aliphatic carbocycles.